The number of ether oxygens (including phenoxy) is 1. The molecule has 1 aliphatic heterocycles. The molecule has 2 unspecified atom stereocenters. The Morgan fingerprint density at radius 1 is 1.50 bits per heavy atom. The van der Waals surface area contributed by atoms with Gasteiger partial charge in [0.15, 0.2) is 0 Å². The van der Waals surface area contributed by atoms with Crippen molar-refractivity contribution in [1.29, 1.82) is 0 Å². The van der Waals surface area contributed by atoms with Gasteiger partial charge in [-0.1, -0.05) is 0 Å². The van der Waals surface area contributed by atoms with Crippen LogP contribution in [0.3, 0.4) is 0 Å². The van der Waals surface area contributed by atoms with E-state index in [1.807, 2.05) is 11.8 Å². The lowest BCUT2D eigenvalue weighted by Gasteiger charge is -2.24. The minimum Gasteiger partial charge on any atom is -0.380 e. The van der Waals surface area contributed by atoms with Gasteiger partial charge >= 0.3 is 0 Å². The number of nitrogens with one attached hydrogen (secondary N) is 1. The van der Waals surface area contributed by atoms with Gasteiger partial charge in [-0.2, -0.15) is 0 Å². The van der Waals surface area contributed by atoms with Crippen LogP contribution in [0.4, 0.5) is 0 Å². The van der Waals surface area contributed by atoms with Crippen molar-refractivity contribution in [2.24, 2.45) is 0 Å². The third kappa shape index (κ3) is 2.74. The lowest BCUT2D eigenvalue weighted by atomic mass is 10.2. The molecule has 1 N–H and O–H groups in total. The molecule has 1 heterocycles. The molecule has 1 amide bonds. The molecule has 4 heteroatoms. The van der Waals surface area contributed by atoms with E-state index in [-0.39, 0.29) is 18.0 Å². The fraction of sp³-hybridized carbons (Fsp3) is 0.917. The Balaban J connectivity index is 1.80. The highest BCUT2D eigenvalue weighted by Crippen LogP contribution is 2.23. The first-order valence-corrected chi connectivity index (χ1v) is 6.36. The zero-order valence-corrected chi connectivity index (χ0v) is 10.2. The maximum Gasteiger partial charge on any atom is 0.240 e. The maximum atomic E-state index is 12.1. The highest BCUT2D eigenvalue weighted by Gasteiger charge is 2.37. The first-order valence-electron chi connectivity index (χ1n) is 6.36. The summed E-state index contributed by atoms with van der Waals surface area (Å²) in [4.78, 5) is 14.0. The van der Waals surface area contributed by atoms with Crippen LogP contribution < -0.4 is 5.32 Å². The average molecular weight is 226 g/mol. The van der Waals surface area contributed by atoms with E-state index in [4.69, 9.17) is 4.74 Å². The van der Waals surface area contributed by atoms with Crippen LogP contribution >= 0.6 is 0 Å². The molecule has 4 nitrogen and oxygen atoms in total. The summed E-state index contributed by atoms with van der Waals surface area (Å²) in [5.74, 6) is 0.263. The van der Waals surface area contributed by atoms with Crippen LogP contribution in [0.15, 0.2) is 0 Å². The highest BCUT2D eigenvalue weighted by atomic mass is 16.5. The summed E-state index contributed by atoms with van der Waals surface area (Å²) in [7, 11) is 0. The maximum absolute atomic E-state index is 12.1. The molecule has 2 aliphatic rings. The van der Waals surface area contributed by atoms with Crippen LogP contribution in [0.5, 0.6) is 0 Å². The van der Waals surface area contributed by atoms with E-state index in [1.165, 1.54) is 12.8 Å². The number of hydrogen-bond donors (Lipinski definition) is 1. The standard InChI is InChI=1S/C12H22N2O2/c1-3-16-8-9(2)14-7-6-11(12(14)15)13-10-4-5-10/h9-11,13H,3-8H2,1-2H3. The summed E-state index contributed by atoms with van der Waals surface area (Å²) < 4.78 is 5.37. The van der Waals surface area contributed by atoms with Gasteiger partial charge in [0.25, 0.3) is 0 Å². The SMILES string of the molecule is CCOCC(C)N1CCC(NC2CC2)C1=O. The molecule has 1 saturated carbocycles. The quantitative estimate of drug-likeness (QED) is 0.727. The Bertz CT molecular complexity index is 253. The molecule has 1 aliphatic carbocycles. The molecule has 2 fully saturated rings. The van der Waals surface area contributed by atoms with E-state index < -0.39 is 0 Å². The molecular weight excluding hydrogens is 204 g/mol. The molecule has 0 aromatic heterocycles. The molecule has 0 bridgehead atoms. The summed E-state index contributed by atoms with van der Waals surface area (Å²) in [6, 6.07) is 0.881. The molecule has 0 aromatic carbocycles. The number of carbonyl (C=O) groups excluding carboxylic acids is 1. The monoisotopic (exact) mass is 226 g/mol. The van der Waals surface area contributed by atoms with Gasteiger partial charge in [-0.3, -0.25) is 4.79 Å². The van der Waals surface area contributed by atoms with Crippen molar-refractivity contribution < 1.29 is 9.53 Å². The van der Waals surface area contributed by atoms with Crippen LogP contribution in [0.25, 0.3) is 0 Å². The van der Waals surface area contributed by atoms with E-state index >= 15 is 0 Å². The molecule has 2 atom stereocenters. The molecule has 2 rings (SSSR count). The van der Waals surface area contributed by atoms with Crippen molar-refractivity contribution in [3.63, 3.8) is 0 Å². The van der Waals surface area contributed by atoms with E-state index in [9.17, 15) is 4.79 Å². The van der Waals surface area contributed by atoms with Gasteiger partial charge in [-0.05, 0) is 33.1 Å². The van der Waals surface area contributed by atoms with Crippen LogP contribution in [-0.4, -0.2) is 48.7 Å². The Morgan fingerprint density at radius 2 is 2.25 bits per heavy atom. The van der Waals surface area contributed by atoms with Gasteiger partial charge in [0.2, 0.25) is 5.91 Å². The Hall–Kier alpha value is -0.610. The lowest BCUT2D eigenvalue weighted by molar-refractivity contribution is -0.132. The summed E-state index contributed by atoms with van der Waals surface area (Å²) in [5.41, 5.74) is 0. The van der Waals surface area contributed by atoms with Crippen molar-refractivity contribution in [1.82, 2.24) is 10.2 Å². The highest BCUT2D eigenvalue weighted by molar-refractivity contribution is 5.84. The van der Waals surface area contributed by atoms with Gasteiger partial charge in [0.05, 0.1) is 18.7 Å². The van der Waals surface area contributed by atoms with E-state index in [0.29, 0.717) is 12.6 Å². The predicted molar refractivity (Wildman–Crippen MR) is 62.2 cm³/mol. The zero-order valence-electron chi connectivity index (χ0n) is 10.2. The number of rotatable bonds is 6. The minimum atomic E-state index is 0.0663. The van der Waals surface area contributed by atoms with Crippen molar-refractivity contribution in [2.45, 2.75) is 51.2 Å². The first-order chi connectivity index (χ1) is 7.72. The summed E-state index contributed by atoms with van der Waals surface area (Å²) >= 11 is 0. The molecule has 92 valence electrons. The van der Waals surface area contributed by atoms with Crippen LogP contribution in [-0.2, 0) is 9.53 Å². The van der Waals surface area contributed by atoms with Crippen LogP contribution in [0, 0.1) is 0 Å². The minimum absolute atomic E-state index is 0.0663. The van der Waals surface area contributed by atoms with Gasteiger partial charge in [-0.25, -0.2) is 0 Å². The predicted octanol–water partition coefficient (Wildman–Crippen LogP) is 0.764. The summed E-state index contributed by atoms with van der Waals surface area (Å²) in [5, 5.41) is 3.41. The van der Waals surface area contributed by atoms with Crippen molar-refractivity contribution in [3.05, 3.63) is 0 Å². The largest absolute Gasteiger partial charge is 0.380 e. The Morgan fingerprint density at radius 3 is 2.88 bits per heavy atom. The first kappa shape index (κ1) is 11.9. The third-order valence-electron chi connectivity index (χ3n) is 3.35. The van der Waals surface area contributed by atoms with Crippen molar-refractivity contribution in [2.75, 3.05) is 19.8 Å². The molecular formula is C12H22N2O2. The fourth-order valence-corrected chi connectivity index (χ4v) is 2.21. The van der Waals surface area contributed by atoms with Gasteiger partial charge in [0.1, 0.15) is 0 Å². The smallest absolute Gasteiger partial charge is 0.240 e. The Labute approximate surface area is 97.3 Å². The average Bonchev–Trinajstić information content (AvgIpc) is 3.01. The van der Waals surface area contributed by atoms with E-state index in [1.54, 1.807) is 0 Å². The van der Waals surface area contributed by atoms with Gasteiger partial charge < -0.3 is 15.0 Å². The summed E-state index contributed by atoms with van der Waals surface area (Å²) in [6.45, 7) is 6.29. The molecule has 0 spiro atoms. The fourth-order valence-electron chi connectivity index (χ4n) is 2.21. The van der Waals surface area contributed by atoms with Gasteiger partial charge in [0, 0.05) is 19.2 Å². The Kier molecular flexibility index (Phi) is 3.82. The molecule has 16 heavy (non-hydrogen) atoms. The molecule has 0 aromatic rings. The number of likely N-dealkylation sites (tertiary alicyclic amines) is 1. The zero-order chi connectivity index (χ0) is 11.5. The second-order valence-corrected chi connectivity index (χ2v) is 4.82. The van der Waals surface area contributed by atoms with Crippen LogP contribution in [0.1, 0.15) is 33.1 Å². The second kappa shape index (κ2) is 5.15. The topological polar surface area (TPSA) is 41.6 Å². The lowest BCUT2D eigenvalue weighted by Crippen LogP contribution is -2.43. The normalized spacial score (nSPS) is 27.5. The van der Waals surface area contributed by atoms with Gasteiger partial charge in [-0.15, -0.1) is 0 Å². The van der Waals surface area contributed by atoms with E-state index in [0.717, 1.165) is 19.6 Å². The van der Waals surface area contributed by atoms with E-state index in [2.05, 4.69) is 12.2 Å². The third-order valence-corrected chi connectivity index (χ3v) is 3.35. The number of nitrogens with zero attached hydrogens (tertiary/aromatic N) is 1. The molecule has 1 saturated heterocycles. The van der Waals surface area contributed by atoms with Crippen molar-refractivity contribution >= 4 is 5.91 Å². The molecule has 0 radical (unpaired) electrons. The van der Waals surface area contributed by atoms with Crippen LogP contribution in [0.2, 0.25) is 0 Å². The van der Waals surface area contributed by atoms with Crippen molar-refractivity contribution in [3.8, 4) is 0 Å². The number of carbonyl (C=O) groups is 1. The summed E-state index contributed by atoms with van der Waals surface area (Å²) in [6.07, 6.45) is 3.42. The number of hydrogen-bond acceptors (Lipinski definition) is 3. The number of amides is 1. The second-order valence-electron chi connectivity index (χ2n) is 4.82.